The summed E-state index contributed by atoms with van der Waals surface area (Å²) in [6.07, 6.45) is 3.19. The Labute approximate surface area is 169 Å². The molecule has 1 N–H and O–H groups in total. The summed E-state index contributed by atoms with van der Waals surface area (Å²) in [5.74, 6) is 1.48. The van der Waals surface area contributed by atoms with Crippen molar-refractivity contribution in [1.82, 2.24) is 9.78 Å². The number of amides is 1. The number of hydrogen-bond acceptors (Lipinski definition) is 3. The van der Waals surface area contributed by atoms with E-state index in [2.05, 4.69) is 17.3 Å². The van der Waals surface area contributed by atoms with Crippen molar-refractivity contribution in [3.05, 3.63) is 70.4 Å². The number of benzene rings is 2. The number of nitrogens with one attached hydrogen (secondary N) is 1. The molecule has 2 aromatic carbocycles. The van der Waals surface area contributed by atoms with Crippen LogP contribution in [0.4, 0.5) is 5.82 Å². The van der Waals surface area contributed by atoms with Crippen LogP contribution in [0.1, 0.15) is 42.4 Å². The highest BCUT2D eigenvalue weighted by molar-refractivity contribution is 6.31. The van der Waals surface area contributed by atoms with Crippen LogP contribution in [0.3, 0.4) is 0 Å². The van der Waals surface area contributed by atoms with Crippen LogP contribution in [-0.2, 0) is 4.79 Å². The molecule has 6 heteroatoms. The molecule has 0 bridgehead atoms. The first-order chi connectivity index (χ1) is 13.6. The number of anilines is 1. The van der Waals surface area contributed by atoms with E-state index in [1.54, 1.807) is 4.68 Å². The van der Waals surface area contributed by atoms with Crippen molar-refractivity contribution in [3.63, 3.8) is 0 Å². The van der Waals surface area contributed by atoms with E-state index in [1.165, 1.54) is 0 Å². The molecule has 0 saturated carbocycles. The molecule has 28 heavy (non-hydrogen) atoms. The first-order valence-electron chi connectivity index (χ1n) is 9.44. The van der Waals surface area contributed by atoms with Gasteiger partial charge in [0.05, 0.1) is 18.5 Å². The molecule has 0 aliphatic carbocycles. The van der Waals surface area contributed by atoms with Gasteiger partial charge in [-0.1, -0.05) is 36.7 Å². The van der Waals surface area contributed by atoms with Crippen molar-refractivity contribution in [2.45, 2.75) is 32.6 Å². The van der Waals surface area contributed by atoms with Crippen LogP contribution >= 0.6 is 11.6 Å². The van der Waals surface area contributed by atoms with Crippen LogP contribution in [0.2, 0.25) is 5.02 Å². The van der Waals surface area contributed by atoms with Gasteiger partial charge in [-0.3, -0.25) is 4.79 Å². The first-order valence-corrected chi connectivity index (χ1v) is 9.82. The molecule has 1 aliphatic rings. The highest BCUT2D eigenvalue weighted by atomic mass is 35.5. The molecule has 5 nitrogen and oxygen atoms in total. The normalized spacial score (nSPS) is 15.8. The number of fused-ring (bicyclic) bond motifs is 1. The fourth-order valence-corrected chi connectivity index (χ4v) is 3.71. The molecular weight excluding hydrogens is 374 g/mol. The van der Waals surface area contributed by atoms with E-state index in [-0.39, 0.29) is 11.8 Å². The Morgan fingerprint density at radius 2 is 2.04 bits per heavy atom. The zero-order valence-corrected chi connectivity index (χ0v) is 16.7. The molecule has 144 valence electrons. The van der Waals surface area contributed by atoms with Crippen LogP contribution in [0, 0.1) is 6.92 Å². The van der Waals surface area contributed by atoms with Crippen molar-refractivity contribution < 1.29 is 9.53 Å². The monoisotopic (exact) mass is 395 g/mol. The minimum Gasteiger partial charge on any atom is -0.494 e. The lowest BCUT2D eigenvalue weighted by molar-refractivity contribution is -0.116. The van der Waals surface area contributed by atoms with Crippen LogP contribution in [0.5, 0.6) is 5.75 Å². The maximum Gasteiger partial charge on any atom is 0.226 e. The summed E-state index contributed by atoms with van der Waals surface area (Å²) in [4.78, 5) is 12.4. The van der Waals surface area contributed by atoms with Gasteiger partial charge in [-0.15, -0.1) is 0 Å². The fourth-order valence-electron chi connectivity index (χ4n) is 3.54. The quantitative estimate of drug-likeness (QED) is 0.654. The van der Waals surface area contributed by atoms with E-state index >= 15 is 0 Å². The summed E-state index contributed by atoms with van der Waals surface area (Å²) >= 11 is 6.28. The third-order valence-electron chi connectivity index (χ3n) is 5.04. The average Bonchev–Trinajstić information content (AvgIpc) is 3.12. The highest BCUT2D eigenvalue weighted by Gasteiger charge is 2.30. The molecule has 1 aromatic heterocycles. The summed E-state index contributed by atoms with van der Waals surface area (Å²) in [6, 6.07) is 13.7. The molecule has 0 radical (unpaired) electrons. The molecule has 2 heterocycles. The van der Waals surface area contributed by atoms with Gasteiger partial charge in [0.2, 0.25) is 5.91 Å². The lowest BCUT2D eigenvalue weighted by Gasteiger charge is -2.24. The minimum absolute atomic E-state index is 0.0229. The third-order valence-corrected chi connectivity index (χ3v) is 5.45. The summed E-state index contributed by atoms with van der Waals surface area (Å²) in [5, 5.41) is 8.21. The molecule has 4 rings (SSSR count). The number of hydrogen-bond donors (Lipinski definition) is 1. The van der Waals surface area contributed by atoms with Crippen molar-refractivity contribution in [2.75, 3.05) is 11.9 Å². The van der Waals surface area contributed by atoms with Gasteiger partial charge >= 0.3 is 0 Å². The van der Waals surface area contributed by atoms with E-state index in [4.69, 9.17) is 16.3 Å². The standard InChI is InChI=1S/C22H22ClN3O2/c1-3-11-28-16-9-7-15(8-10-16)17-12-21(27)25-22-18(17)13-24-26(22)20-6-4-5-19(23)14(20)2/h4-10,13,17H,3,11-12H2,1-2H3,(H,25,27)/t17-/m0/s1. The number of rotatable bonds is 5. The molecule has 1 atom stereocenters. The van der Waals surface area contributed by atoms with Gasteiger partial charge in [-0.05, 0) is 48.7 Å². The van der Waals surface area contributed by atoms with Gasteiger partial charge in [-0.25, -0.2) is 4.68 Å². The van der Waals surface area contributed by atoms with E-state index in [0.717, 1.165) is 34.5 Å². The van der Waals surface area contributed by atoms with Crippen molar-refractivity contribution in [1.29, 1.82) is 0 Å². The zero-order valence-electron chi connectivity index (χ0n) is 15.9. The summed E-state index contributed by atoms with van der Waals surface area (Å²) in [6.45, 7) is 4.72. The Balaban J connectivity index is 1.71. The predicted molar refractivity (Wildman–Crippen MR) is 111 cm³/mol. The molecule has 0 spiro atoms. The molecule has 0 fully saturated rings. The second kappa shape index (κ2) is 7.68. The van der Waals surface area contributed by atoms with Crippen LogP contribution in [-0.4, -0.2) is 22.3 Å². The van der Waals surface area contributed by atoms with E-state index < -0.39 is 0 Å². The molecule has 0 unspecified atom stereocenters. The van der Waals surface area contributed by atoms with Crippen molar-refractivity contribution >= 4 is 23.3 Å². The topological polar surface area (TPSA) is 56.1 Å². The van der Waals surface area contributed by atoms with E-state index in [9.17, 15) is 4.79 Å². The Kier molecular flexibility index (Phi) is 5.09. The molecule has 1 amide bonds. The second-order valence-electron chi connectivity index (χ2n) is 6.97. The van der Waals surface area contributed by atoms with Crippen molar-refractivity contribution in [2.24, 2.45) is 0 Å². The summed E-state index contributed by atoms with van der Waals surface area (Å²) < 4.78 is 7.43. The molecule has 1 aliphatic heterocycles. The number of carbonyl (C=O) groups is 1. The SMILES string of the molecule is CCCOc1ccc([C@@H]2CC(=O)Nc3c2cnn3-c2cccc(Cl)c2C)cc1. The zero-order chi connectivity index (χ0) is 19.7. The molecule has 0 saturated heterocycles. The van der Waals surface area contributed by atoms with Gasteiger partial charge in [0.15, 0.2) is 0 Å². The number of halogens is 1. The molecule has 3 aromatic rings. The number of nitrogens with zero attached hydrogens (tertiary/aromatic N) is 2. The predicted octanol–water partition coefficient (Wildman–Crippen LogP) is 5.10. The van der Waals surface area contributed by atoms with Crippen LogP contribution < -0.4 is 10.1 Å². The van der Waals surface area contributed by atoms with E-state index in [0.29, 0.717) is 23.9 Å². The van der Waals surface area contributed by atoms with Gasteiger partial charge in [0.1, 0.15) is 11.6 Å². The fraction of sp³-hybridized carbons (Fsp3) is 0.273. The second-order valence-corrected chi connectivity index (χ2v) is 7.37. The number of aromatic nitrogens is 2. The number of carbonyl (C=O) groups excluding carboxylic acids is 1. The van der Waals surface area contributed by atoms with Gasteiger partial charge in [0, 0.05) is 22.9 Å². The smallest absolute Gasteiger partial charge is 0.226 e. The third kappa shape index (κ3) is 3.38. The lowest BCUT2D eigenvalue weighted by Crippen LogP contribution is -2.24. The average molecular weight is 396 g/mol. The van der Waals surface area contributed by atoms with Gasteiger partial charge in [0.25, 0.3) is 0 Å². The molecular formula is C22H22ClN3O2. The lowest BCUT2D eigenvalue weighted by atomic mass is 9.87. The highest BCUT2D eigenvalue weighted by Crippen LogP contribution is 2.39. The van der Waals surface area contributed by atoms with Crippen molar-refractivity contribution in [3.8, 4) is 11.4 Å². The maximum atomic E-state index is 12.4. The van der Waals surface area contributed by atoms with Crippen LogP contribution in [0.25, 0.3) is 5.69 Å². The Hall–Kier alpha value is -2.79. The Morgan fingerprint density at radius 3 is 2.79 bits per heavy atom. The summed E-state index contributed by atoms with van der Waals surface area (Å²) in [7, 11) is 0. The Morgan fingerprint density at radius 1 is 1.25 bits per heavy atom. The first kappa shape index (κ1) is 18.6. The van der Waals surface area contributed by atoms with Gasteiger partial charge in [-0.2, -0.15) is 5.10 Å². The largest absolute Gasteiger partial charge is 0.494 e. The van der Waals surface area contributed by atoms with Gasteiger partial charge < -0.3 is 10.1 Å². The summed E-state index contributed by atoms with van der Waals surface area (Å²) in [5.41, 5.74) is 3.85. The minimum atomic E-state index is -0.0442. The van der Waals surface area contributed by atoms with Crippen LogP contribution in [0.15, 0.2) is 48.7 Å². The Bertz CT molecular complexity index is 1010. The van der Waals surface area contributed by atoms with E-state index in [1.807, 2.05) is 55.6 Å². The number of ether oxygens (including phenoxy) is 1. The maximum absolute atomic E-state index is 12.4.